The molecule has 4 nitrogen and oxygen atoms in total. The van der Waals surface area contributed by atoms with Crippen LogP contribution < -0.4 is 0 Å². The van der Waals surface area contributed by atoms with Gasteiger partial charge in [-0.2, -0.15) is 0 Å². The second-order valence-electron chi connectivity index (χ2n) is 14.1. The molecule has 1 radical (unpaired) electrons. The molecule has 0 saturated carbocycles. The second kappa shape index (κ2) is 14.7. The van der Waals surface area contributed by atoms with E-state index in [2.05, 4.69) is 72.1 Å². The molecular weight excluding hydrogens is 803 g/mol. The molecule has 257 valence electrons. The van der Waals surface area contributed by atoms with E-state index in [1.54, 1.807) is 12.3 Å². The van der Waals surface area contributed by atoms with Gasteiger partial charge >= 0.3 is 0 Å². The van der Waals surface area contributed by atoms with Gasteiger partial charge in [0.15, 0.2) is 0 Å². The third-order valence-corrected chi connectivity index (χ3v) is 9.06. The zero-order valence-electron chi connectivity index (χ0n) is 32.7. The summed E-state index contributed by atoms with van der Waals surface area (Å²) >= 11 is 0. The van der Waals surface area contributed by atoms with E-state index in [4.69, 9.17) is 8.53 Å². The van der Waals surface area contributed by atoms with E-state index < -0.39 is 6.85 Å². The molecule has 0 spiro atoms. The Bertz CT molecular complexity index is 2590. The predicted molar refractivity (Wildman–Crippen MR) is 207 cm³/mol. The molecule has 0 bridgehead atoms. The van der Waals surface area contributed by atoms with E-state index in [0.29, 0.717) is 11.1 Å². The summed E-state index contributed by atoms with van der Waals surface area (Å²) in [6.45, 7) is 10.5. The summed E-state index contributed by atoms with van der Waals surface area (Å²) in [6.07, 6.45) is 6.43. The monoisotopic (exact) mass is 847 g/mol. The average Bonchev–Trinajstić information content (AvgIpc) is 3.52. The van der Waals surface area contributed by atoms with E-state index in [1.165, 1.54) is 5.56 Å². The van der Waals surface area contributed by atoms with Crippen LogP contribution in [0, 0.1) is 45.2 Å². The maximum Gasteiger partial charge on any atom is 0.128 e. The quantitative estimate of drug-likeness (QED) is 0.166. The van der Waals surface area contributed by atoms with Crippen LogP contribution in [0.1, 0.15) is 52.8 Å². The first-order valence-corrected chi connectivity index (χ1v) is 16.9. The number of rotatable bonds is 4. The van der Waals surface area contributed by atoms with Crippen molar-refractivity contribution in [3.63, 3.8) is 0 Å². The third kappa shape index (κ3) is 7.56. The maximum atomic E-state index is 7.96. The van der Waals surface area contributed by atoms with Gasteiger partial charge < -0.3 is 14.4 Å². The molecule has 0 aliphatic rings. The molecule has 0 aliphatic heterocycles. The van der Waals surface area contributed by atoms with E-state index in [0.717, 1.165) is 84.0 Å². The Morgan fingerprint density at radius 3 is 2.20 bits per heavy atom. The van der Waals surface area contributed by atoms with Crippen LogP contribution in [0.3, 0.4) is 0 Å². The summed E-state index contributed by atoms with van der Waals surface area (Å²) in [5, 5.41) is 4.39. The van der Waals surface area contributed by atoms with E-state index in [-0.39, 0.29) is 25.5 Å². The van der Waals surface area contributed by atoms with Crippen molar-refractivity contribution in [2.24, 2.45) is 5.41 Å². The number of aromatic nitrogens is 3. The number of nitrogens with zero attached hydrogens (tertiary/aromatic N) is 3. The number of fused-ring (bicyclic) bond motifs is 5. The van der Waals surface area contributed by atoms with Gasteiger partial charge in [-0.1, -0.05) is 104 Å². The van der Waals surface area contributed by atoms with Crippen LogP contribution in [-0.4, -0.2) is 15.0 Å². The van der Waals surface area contributed by atoms with Crippen molar-refractivity contribution in [1.82, 2.24) is 15.0 Å². The Labute approximate surface area is 318 Å². The van der Waals surface area contributed by atoms with Gasteiger partial charge in [-0.15, -0.1) is 47.5 Å². The minimum atomic E-state index is -2.20. The van der Waals surface area contributed by atoms with Crippen molar-refractivity contribution in [3.8, 4) is 33.6 Å². The van der Waals surface area contributed by atoms with Crippen molar-refractivity contribution in [2.75, 3.05) is 0 Å². The Morgan fingerprint density at radius 2 is 1.47 bits per heavy atom. The number of benzene rings is 4. The largest absolute Gasteiger partial charge is 0.500 e. The Kier molecular flexibility index (Phi) is 9.23. The molecule has 0 atom stereocenters. The Balaban J connectivity index is 0.000000183. The molecule has 4 aromatic carbocycles. The van der Waals surface area contributed by atoms with E-state index in [1.807, 2.05) is 93.8 Å². The first kappa shape index (κ1) is 32.0. The van der Waals surface area contributed by atoms with Crippen LogP contribution in [0.5, 0.6) is 0 Å². The smallest absolute Gasteiger partial charge is 0.128 e. The van der Waals surface area contributed by atoms with Crippen LogP contribution >= 0.6 is 0 Å². The normalized spacial score (nSPS) is 12.5. The fourth-order valence-corrected chi connectivity index (χ4v) is 6.37. The predicted octanol–water partition coefficient (Wildman–Crippen LogP) is 12.0. The number of pyridine rings is 3. The average molecular weight is 847 g/mol. The van der Waals surface area contributed by atoms with Gasteiger partial charge in [-0.3, -0.25) is 4.98 Å². The zero-order valence-corrected chi connectivity index (χ0v) is 32.1. The first-order valence-electron chi connectivity index (χ1n) is 18.4. The second-order valence-corrected chi connectivity index (χ2v) is 14.1. The van der Waals surface area contributed by atoms with E-state index in [9.17, 15) is 0 Å². The third-order valence-electron chi connectivity index (χ3n) is 9.06. The van der Waals surface area contributed by atoms with Gasteiger partial charge in [0.25, 0.3) is 0 Å². The molecule has 51 heavy (non-hydrogen) atoms. The molecule has 0 fully saturated rings. The molecule has 0 aliphatic carbocycles. The summed E-state index contributed by atoms with van der Waals surface area (Å²) < 4.78 is 30.2. The van der Waals surface area contributed by atoms with Crippen LogP contribution in [0.25, 0.3) is 66.4 Å². The molecule has 0 saturated heterocycles. The van der Waals surface area contributed by atoms with Crippen molar-refractivity contribution >= 4 is 32.7 Å². The van der Waals surface area contributed by atoms with Crippen LogP contribution in [-0.2, 0) is 26.5 Å². The van der Waals surface area contributed by atoms with Gasteiger partial charge in [0.05, 0.1) is 5.58 Å². The molecule has 8 rings (SSSR count). The number of hydrogen-bond acceptors (Lipinski definition) is 4. The summed E-state index contributed by atoms with van der Waals surface area (Å²) in [6, 6.07) is 36.2. The SMILES string of the molecule is Cc1nccc2c1ccc1c3cc[c-]c(-c4ccccn4)c3oc21.[2H]C([2H])([2H])c1c[c-]c(-c2cc(C)c(C)cn2)cc1-c1ccc(CC(C)(C)C)cc1.[Ir]. The molecule has 5 heteroatoms. The maximum absolute atomic E-state index is 7.96. The Morgan fingerprint density at radius 1 is 0.706 bits per heavy atom. The summed E-state index contributed by atoms with van der Waals surface area (Å²) in [5.41, 5.74) is 11.7. The Hall–Kier alpha value is -4.96. The topological polar surface area (TPSA) is 51.8 Å². The summed E-state index contributed by atoms with van der Waals surface area (Å²) in [7, 11) is 0. The molecular formula is C46H41IrN3O-2. The first-order chi connectivity index (χ1) is 25.3. The number of hydrogen-bond donors (Lipinski definition) is 0. The van der Waals surface area contributed by atoms with Gasteiger partial charge in [0.1, 0.15) is 5.58 Å². The summed E-state index contributed by atoms with van der Waals surface area (Å²) in [4.78, 5) is 13.3. The van der Waals surface area contributed by atoms with Crippen molar-refractivity contribution in [2.45, 2.75) is 54.8 Å². The van der Waals surface area contributed by atoms with Crippen molar-refractivity contribution in [1.29, 1.82) is 0 Å². The van der Waals surface area contributed by atoms with E-state index >= 15 is 0 Å². The molecule has 4 heterocycles. The fraction of sp³-hybridized carbons (Fsp3) is 0.196. The van der Waals surface area contributed by atoms with Gasteiger partial charge in [-0.25, -0.2) is 0 Å². The van der Waals surface area contributed by atoms with Crippen molar-refractivity contribution < 1.29 is 28.6 Å². The summed E-state index contributed by atoms with van der Waals surface area (Å²) in [5.74, 6) is 0. The molecule has 4 aromatic heterocycles. The van der Waals surface area contributed by atoms with Crippen LogP contribution in [0.2, 0.25) is 0 Å². The minimum absolute atomic E-state index is 0. The molecule has 0 N–H and O–H groups in total. The number of furan rings is 1. The van der Waals surface area contributed by atoms with Gasteiger partial charge in [-0.05, 0) is 72.8 Å². The minimum Gasteiger partial charge on any atom is -0.500 e. The molecule has 0 amide bonds. The van der Waals surface area contributed by atoms with Crippen LogP contribution in [0.15, 0.2) is 114 Å². The molecule has 8 aromatic rings. The van der Waals surface area contributed by atoms with Gasteiger partial charge in [0, 0.05) is 64.7 Å². The number of aryl methyl sites for hydroxylation is 4. The fourth-order valence-electron chi connectivity index (χ4n) is 6.37. The standard InChI is InChI=1S/C25H28N.C21H13N2O.Ir/c1-17-7-10-22(24-13-18(2)19(3)16-26-24)14-23(17)21-11-8-20(9-12-21)15-25(4,5)6;1-13-14-8-9-16-15-5-4-6-18(19-7-2-3-11-23-19)21(15)24-20(16)17(14)10-12-22-13;/h7-9,11-14,16H,15H2,1-6H3;2-5,7-12H,1H3;/q2*-1;/i1D3;;. The van der Waals surface area contributed by atoms with Gasteiger partial charge in [0.2, 0.25) is 0 Å². The van der Waals surface area contributed by atoms with Crippen LogP contribution in [0.4, 0.5) is 0 Å². The molecule has 0 unspecified atom stereocenters. The zero-order chi connectivity index (χ0) is 37.5. The van der Waals surface area contributed by atoms with Crippen molar-refractivity contribution in [3.05, 3.63) is 150 Å².